The maximum absolute atomic E-state index is 12.0. The maximum Gasteiger partial charge on any atom is 0.251 e. The maximum atomic E-state index is 12.0. The number of hydrogen-bond donors (Lipinski definition) is 3. The van der Waals surface area contributed by atoms with E-state index in [1.165, 1.54) is 5.56 Å². The molecular weight excluding hydrogens is 250 g/mol. The van der Waals surface area contributed by atoms with Gasteiger partial charge in [-0.3, -0.25) is 10.6 Å². The van der Waals surface area contributed by atoms with Crippen LogP contribution < -0.4 is 16.6 Å². The Morgan fingerprint density at radius 1 is 1.15 bits per heavy atom. The minimum absolute atomic E-state index is 0.0624. The number of nitrogen functional groups attached to an aromatic ring is 1. The van der Waals surface area contributed by atoms with Crippen LogP contribution >= 0.6 is 0 Å². The van der Waals surface area contributed by atoms with Crippen LogP contribution in [0.25, 0.3) is 0 Å². The van der Waals surface area contributed by atoms with Crippen molar-refractivity contribution in [2.24, 2.45) is 5.84 Å². The Morgan fingerprint density at radius 3 is 2.55 bits per heavy atom. The number of hydrogen-bond acceptors (Lipinski definition) is 3. The van der Waals surface area contributed by atoms with Gasteiger partial charge in [0.2, 0.25) is 0 Å². The molecule has 0 aliphatic carbocycles. The zero-order valence-corrected chi connectivity index (χ0v) is 11.5. The Bertz CT molecular complexity index is 582. The number of carbonyl (C=O) groups excluding carboxylic acids is 1. The molecule has 0 atom stereocenters. The molecule has 0 aromatic heterocycles. The summed E-state index contributed by atoms with van der Waals surface area (Å²) in [4.78, 5) is 12.0. The summed E-state index contributed by atoms with van der Waals surface area (Å²) in [6.07, 6.45) is 0.827. The van der Waals surface area contributed by atoms with Crippen LogP contribution in [0.15, 0.2) is 48.5 Å². The third-order valence-corrected chi connectivity index (χ3v) is 3.19. The molecule has 2 rings (SSSR count). The molecule has 0 aliphatic heterocycles. The van der Waals surface area contributed by atoms with E-state index in [4.69, 9.17) is 5.84 Å². The van der Waals surface area contributed by atoms with E-state index in [9.17, 15) is 4.79 Å². The average Bonchev–Trinajstić information content (AvgIpc) is 2.48. The monoisotopic (exact) mass is 269 g/mol. The van der Waals surface area contributed by atoms with Gasteiger partial charge in [0, 0.05) is 12.1 Å². The van der Waals surface area contributed by atoms with E-state index in [1.807, 2.05) is 31.2 Å². The lowest BCUT2D eigenvalue weighted by molar-refractivity contribution is 0.0954. The highest BCUT2D eigenvalue weighted by molar-refractivity contribution is 5.94. The molecule has 20 heavy (non-hydrogen) atoms. The van der Waals surface area contributed by atoms with Crippen LogP contribution in [0.2, 0.25) is 0 Å². The number of amides is 1. The molecule has 4 nitrogen and oxygen atoms in total. The summed E-state index contributed by atoms with van der Waals surface area (Å²) in [5.41, 5.74) is 6.23. The lowest BCUT2D eigenvalue weighted by atomic mass is 10.1. The second-order valence-electron chi connectivity index (χ2n) is 4.67. The first-order chi connectivity index (χ1) is 9.70. The van der Waals surface area contributed by atoms with Crippen molar-refractivity contribution in [3.05, 3.63) is 65.2 Å². The summed E-state index contributed by atoms with van der Waals surface area (Å²) < 4.78 is 0. The smallest absolute Gasteiger partial charge is 0.251 e. The molecule has 0 unspecified atom stereocenters. The molecule has 0 saturated heterocycles. The van der Waals surface area contributed by atoms with Crippen LogP contribution in [-0.2, 0) is 6.42 Å². The third kappa shape index (κ3) is 3.59. The van der Waals surface area contributed by atoms with Crippen LogP contribution in [0, 0.1) is 6.92 Å². The van der Waals surface area contributed by atoms with Crippen molar-refractivity contribution in [2.75, 3.05) is 12.0 Å². The van der Waals surface area contributed by atoms with Crippen molar-refractivity contribution in [1.82, 2.24) is 5.32 Å². The minimum Gasteiger partial charge on any atom is -0.352 e. The number of nitrogens with two attached hydrogens (primary N) is 1. The number of nitrogens with one attached hydrogen (secondary N) is 2. The fraction of sp³-hybridized carbons (Fsp3) is 0.188. The zero-order valence-electron chi connectivity index (χ0n) is 11.5. The molecule has 104 valence electrons. The van der Waals surface area contributed by atoms with Crippen molar-refractivity contribution in [1.29, 1.82) is 0 Å². The Balaban J connectivity index is 1.90. The Labute approximate surface area is 119 Å². The normalized spacial score (nSPS) is 10.1. The van der Waals surface area contributed by atoms with Crippen molar-refractivity contribution < 1.29 is 4.79 Å². The molecule has 0 bridgehead atoms. The van der Waals surface area contributed by atoms with Crippen molar-refractivity contribution in [2.45, 2.75) is 13.3 Å². The van der Waals surface area contributed by atoms with Gasteiger partial charge in [-0.15, -0.1) is 0 Å². The molecule has 1 amide bonds. The summed E-state index contributed by atoms with van der Waals surface area (Å²) in [5, 5.41) is 2.92. The zero-order chi connectivity index (χ0) is 14.4. The van der Waals surface area contributed by atoms with E-state index < -0.39 is 0 Å². The Hall–Kier alpha value is -2.33. The molecule has 0 fully saturated rings. The molecular formula is C16H19N3O. The molecule has 0 radical (unpaired) electrons. The van der Waals surface area contributed by atoms with Gasteiger partial charge < -0.3 is 10.7 Å². The Kier molecular flexibility index (Phi) is 4.74. The van der Waals surface area contributed by atoms with Gasteiger partial charge in [0.15, 0.2) is 0 Å². The number of benzene rings is 2. The van der Waals surface area contributed by atoms with Crippen LogP contribution in [0.4, 0.5) is 5.69 Å². The van der Waals surface area contributed by atoms with Crippen molar-refractivity contribution >= 4 is 11.6 Å². The van der Waals surface area contributed by atoms with Gasteiger partial charge in [-0.05, 0) is 42.7 Å². The molecule has 4 N–H and O–H groups in total. The standard InChI is InChI=1S/C16H19N3O/c1-12-11-14(7-8-15(12)19-17)16(20)18-10-9-13-5-3-2-4-6-13/h2-8,11,19H,9-10,17H2,1H3,(H,18,20). The number of aryl methyl sites for hydroxylation is 1. The molecule has 2 aromatic carbocycles. The van der Waals surface area contributed by atoms with E-state index in [1.54, 1.807) is 12.1 Å². The molecule has 2 aromatic rings. The van der Waals surface area contributed by atoms with Gasteiger partial charge in [-0.2, -0.15) is 0 Å². The van der Waals surface area contributed by atoms with E-state index in [-0.39, 0.29) is 5.91 Å². The van der Waals surface area contributed by atoms with Crippen molar-refractivity contribution in [3.8, 4) is 0 Å². The molecule has 0 aliphatic rings. The molecule has 0 heterocycles. The van der Waals surface area contributed by atoms with Crippen LogP contribution in [0.5, 0.6) is 0 Å². The third-order valence-electron chi connectivity index (χ3n) is 3.19. The lowest BCUT2D eigenvalue weighted by Gasteiger charge is -2.09. The highest BCUT2D eigenvalue weighted by atomic mass is 16.1. The first-order valence-electron chi connectivity index (χ1n) is 6.60. The van der Waals surface area contributed by atoms with E-state index in [0.717, 1.165) is 17.7 Å². The number of rotatable bonds is 5. The highest BCUT2D eigenvalue weighted by Crippen LogP contribution is 2.15. The van der Waals surface area contributed by atoms with Crippen LogP contribution in [0.1, 0.15) is 21.5 Å². The predicted molar refractivity (Wildman–Crippen MR) is 81.5 cm³/mol. The predicted octanol–water partition coefficient (Wildman–Crippen LogP) is 2.25. The van der Waals surface area contributed by atoms with Crippen LogP contribution in [0.3, 0.4) is 0 Å². The average molecular weight is 269 g/mol. The second-order valence-corrected chi connectivity index (χ2v) is 4.67. The van der Waals surface area contributed by atoms with Crippen LogP contribution in [-0.4, -0.2) is 12.5 Å². The summed E-state index contributed by atoms with van der Waals surface area (Å²) in [5.74, 6) is 5.31. The molecule has 0 saturated carbocycles. The summed E-state index contributed by atoms with van der Waals surface area (Å²) in [6, 6.07) is 15.5. The minimum atomic E-state index is -0.0624. The van der Waals surface area contributed by atoms with Gasteiger partial charge >= 0.3 is 0 Å². The largest absolute Gasteiger partial charge is 0.352 e. The summed E-state index contributed by atoms with van der Waals surface area (Å²) in [6.45, 7) is 2.54. The number of carbonyl (C=O) groups is 1. The Morgan fingerprint density at radius 2 is 1.90 bits per heavy atom. The lowest BCUT2D eigenvalue weighted by Crippen LogP contribution is -2.25. The fourth-order valence-corrected chi connectivity index (χ4v) is 2.03. The molecule has 0 spiro atoms. The van der Waals surface area contributed by atoms with Gasteiger partial charge in [0.1, 0.15) is 0 Å². The van der Waals surface area contributed by atoms with Gasteiger partial charge in [0.05, 0.1) is 5.69 Å². The van der Waals surface area contributed by atoms with E-state index >= 15 is 0 Å². The van der Waals surface area contributed by atoms with E-state index in [2.05, 4.69) is 22.9 Å². The first-order valence-corrected chi connectivity index (χ1v) is 6.60. The molecule has 4 heteroatoms. The van der Waals surface area contributed by atoms with E-state index in [0.29, 0.717) is 12.1 Å². The van der Waals surface area contributed by atoms with Gasteiger partial charge in [-0.1, -0.05) is 30.3 Å². The topological polar surface area (TPSA) is 67.2 Å². The highest BCUT2D eigenvalue weighted by Gasteiger charge is 2.06. The van der Waals surface area contributed by atoms with Gasteiger partial charge in [-0.25, -0.2) is 0 Å². The fourth-order valence-electron chi connectivity index (χ4n) is 2.03. The summed E-state index contributed by atoms with van der Waals surface area (Å²) >= 11 is 0. The summed E-state index contributed by atoms with van der Waals surface area (Å²) in [7, 11) is 0. The number of anilines is 1. The second kappa shape index (κ2) is 6.73. The van der Waals surface area contributed by atoms with Gasteiger partial charge in [0.25, 0.3) is 5.91 Å². The SMILES string of the molecule is Cc1cc(C(=O)NCCc2ccccc2)ccc1NN. The number of hydrazine groups is 1. The quantitative estimate of drug-likeness (QED) is 0.576. The first kappa shape index (κ1) is 14.1. The van der Waals surface area contributed by atoms with Crippen molar-refractivity contribution in [3.63, 3.8) is 0 Å².